The quantitative estimate of drug-likeness (QED) is 0.0586. The first-order chi connectivity index (χ1) is 33.4. The van der Waals surface area contributed by atoms with Gasteiger partial charge in [-0.05, 0) is 104 Å². The molecule has 6 rings (SSSR count). The number of hydrogen-bond donors (Lipinski definition) is 2. The third-order valence-electron chi connectivity index (χ3n) is 9.44. The molecule has 0 spiro atoms. The van der Waals surface area contributed by atoms with Crippen molar-refractivity contribution < 1.29 is 80.5 Å². The van der Waals surface area contributed by atoms with Crippen molar-refractivity contribution in [1.82, 2.24) is 20.4 Å². The highest BCUT2D eigenvalue weighted by Gasteiger charge is 2.35. The molecule has 386 valence electrons. The molecular weight excluding hydrogens is 981 g/mol. The number of thiophene rings is 2. The van der Waals surface area contributed by atoms with Gasteiger partial charge in [0.1, 0.15) is 29.1 Å². The third kappa shape index (κ3) is 14.6. The Labute approximate surface area is 421 Å². The summed E-state index contributed by atoms with van der Waals surface area (Å²) in [7, 11) is 0. The fourth-order valence-electron chi connectivity index (χ4n) is 6.60. The number of fused-ring (bicyclic) bond motifs is 4. The molecule has 23 heteroatoms. The fraction of sp³-hybridized carbons (Fsp3) is 0.429. The number of ketones is 5. The van der Waals surface area contributed by atoms with E-state index in [1.807, 2.05) is 0 Å². The molecule has 1 aliphatic rings. The fourth-order valence-corrected chi connectivity index (χ4v) is 8.29. The van der Waals surface area contributed by atoms with Gasteiger partial charge in [-0.3, -0.25) is 38.6 Å². The molecule has 0 unspecified atom stereocenters. The van der Waals surface area contributed by atoms with Crippen molar-refractivity contribution in [3.05, 3.63) is 68.3 Å². The monoisotopic (exact) mass is 1040 g/mol. The number of carbonyl (C=O) groups excluding carboxylic acids is 10. The first-order valence-corrected chi connectivity index (χ1v) is 24.1. The molecule has 1 aliphatic carbocycles. The summed E-state index contributed by atoms with van der Waals surface area (Å²) in [6.07, 6.45) is -3.39. The number of amides is 4. The van der Waals surface area contributed by atoms with E-state index in [0.29, 0.717) is 20.5 Å². The van der Waals surface area contributed by atoms with Gasteiger partial charge in [-0.15, -0.1) is 22.7 Å². The van der Waals surface area contributed by atoms with Crippen LogP contribution < -0.4 is 20.1 Å². The van der Waals surface area contributed by atoms with Crippen LogP contribution in [0, 0.1) is 0 Å². The lowest BCUT2D eigenvalue weighted by Gasteiger charge is -2.28. The van der Waals surface area contributed by atoms with Gasteiger partial charge in [0.15, 0.2) is 51.7 Å². The number of furan rings is 2. The molecule has 0 atom stereocenters. The first kappa shape index (κ1) is 55.5. The van der Waals surface area contributed by atoms with E-state index in [9.17, 15) is 47.9 Å². The van der Waals surface area contributed by atoms with Gasteiger partial charge in [-0.1, -0.05) is 0 Å². The molecule has 0 aliphatic heterocycles. The minimum absolute atomic E-state index is 0.00254. The highest BCUT2D eigenvalue weighted by atomic mass is 32.1. The summed E-state index contributed by atoms with van der Waals surface area (Å²) in [6.45, 7) is 17.9. The summed E-state index contributed by atoms with van der Waals surface area (Å²) in [5, 5.41) is 8.95. The highest BCUT2D eigenvalue weighted by molar-refractivity contribution is 7.17. The van der Waals surface area contributed by atoms with Crippen molar-refractivity contribution in [2.24, 2.45) is 0 Å². The van der Waals surface area contributed by atoms with Crippen LogP contribution >= 0.6 is 22.7 Å². The number of hydrogen-bond acceptors (Lipinski definition) is 19. The number of nitrogens with one attached hydrogen (secondary N) is 2. The topological polar surface area (TPSA) is 274 Å². The molecule has 21 nitrogen and oxygen atoms in total. The van der Waals surface area contributed by atoms with Crippen LogP contribution in [-0.2, 0) is 23.8 Å². The average molecular weight is 1040 g/mol. The maximum Gasteiger partial charge on any atom is 0.412 e. The summed E-state index contributed by atoms with van der Waals surface area (Å²) in [4.78, 5) is 126. The molecule has 4 aromatic heterocycles. The van der Waals surface area contributed by atoms with Crippen LogP contribution in [0.3, 0.4) is 0 Å². The van der Waals surface area contributed by atoms with Gasteiger partial charge in [0.25, 0.3) is 0 Å². The van der Waals surface area contributed by atoms with Crippen molar-refractivity contribution in [2.75, 3.05) is 39.3 Å². The number of benzene rings is 1. The molecule has 0 saturated carbocycles. The van der Waals surface area contributed by atoms with Gasteiger partial charge in [-0.25, -0.2) is 19.2 Å². The summed E-state index contributed by atoms with van der Waals surface area (Å²) >= 11 is 2.35. The van der Waals surface area contributed by atoms with Crippen molar-refractivity contribution in [3.8, 4) is 11.5 Å². The second-order valence-electron chi connectivity index (χ2n) is 19.2. The summed E-state index contributed by atoms with van der Waals surface area (Å²) < 4.78 is 38.9. The van der Waals surface area contributed by atoms with Gasteiger partial charge < -0.3 is 43.2 Å². The van der Waals surface area contributed by atoms with Crippen molar-refractivity contribution >= 4 is 103 Å². The predicted molar refractivity (Wildman–Crippen MR) is 262 cm³/mol. The maximum atomic E-state index is 13.2. The molecule has 0 radical (unpaired) electrons. The highest BCUT2D eigenvalue weighted by Crippen LogP contribution is 2.47. The Morgan fingerprint density at radius 3 is 1.64 bits per heavy atom. The van der Waals surface area contributed by atoms with E-state index in [1.54, 1.807) is 85.2 Å². The Hall–Kier alpha value is -7.40. The zero-order valence-corrected chi connectivity index (χ0v) is 43.5. The number of nitrogens with zero attached hydrogens (tertiary/aromatic N) is 2. The van der Waals surface area contributed by atoms with Crippen molar-refractivity contribution in [2.45, 2.75) is 99.9 Å². The van der Waals surface area contributed by atoms with Crippen LogP contribution in [0.1, 0.15) is 136 Å². The Bertz CT molecular complexity index is 2900. The van der Waals surface area contributed by atoms with Gasteiger partial charge in [-0.2, -0.15) is 0 Å². The van der Waals surface area contributed by atoms with Crippen LogP contribution in [0.15, 0.2) is 43.9 Å². The molecular formula is C49H56N4O17S2. The lowest BCUT2D eigenvalue weighted by atomic mass is 9.95. The van der Waals surface area contributed by atoms with E-state index in [2.05, 4.69) is 10.6 Å². The molecule has 0 bridgehead atoms. The smallest absolute Gasteiger partial charge is 0.412 e. The Morgan fingerprint density at radius 1 is 0.597 bits per heavy atom. The summed E-state index contributed by atoms with van der Waals surface area (Å²) in [6, 6.07) is 5.94. The zero-order valence-electron chi connectivity index (χ0n) is 41.9. The van der Waals surface area contributed by atoms with Gasteiger partial charge in [0, 0.05) is 51.0 Å². The van der Waals surface area contributed by atoms with E-state index in [-0.39, 0.29) is 101 Å². The number of rotatable bonds is 14. The average Bonchev–Trinajstić information content (AvgIpc) is 4.08. The third-order valence-corrected chi connectivity index (χ3v) is 11.3. The van der Waals surface area contributed by atoms with E-state index >= 15 is 0 Å². The van der Waals surface area contributed by atoms with Crippen LogP contribution in [0.25, 0.3) is 21.1 Å². The van der Waals surface area contributed by atoms with Crippen molar-refractivity contribution in [1.29, 1.82) is 0 Å². The van der Waals surface area contributed by atoms with Gasteiger partial charge in [0.05, 0.1) is 27.1 Å². The van der Waals surface area contributed by atoms with E-state index in [1.165, 1.54) is 44.2 Å². The standard InChI is InChI=1S/C37H50N4O13S.C12H6O4S/c1-21(42)19-40(33(47)53-36(6,7)8)15-13-39-32(46)51-29-28-24(18-25(49-28)22(2)43)27(23-12-17-55-30(23)29)50-31(45)38-14-16-41(34(48)54-37(9,10)11)20-26(44)52-35(3,4)5;1-5(13)8-4-7-9(14)6-2-3-17-12(6)10(15)11(7)16-8/h12,17-18H,13-16,19-20H2,1-11H3,(H,38,45)(H,39,46);2-4H,1H3. The zero-order chi connectivity index (χ0) is 53.6. The normalized spacial score (nSPS) is 12.2. The molecule has 5 aromatic rings. The minimum atomic E-state index is -0.938. The minimum Gasteiger partial charge on any atom is -0.459 e. The lowest BCUT2D eigenvalue weighted by Crippen LogP contribution is -2.45. The Balaban J connectivity index is 0.000000468. The lowest BCUT2D eigenvalue weighted by molar-refractivity contribution is -0.156. The van der Waals surface area contributed by atoms with Crippen LogP contribution in [0.4, 0.5) is 19.2 Å². The van der Waals surface area contributed by atoms with Crippen LogP contribution in [-0.4, -0.2) is 125 Å². The molecule has 1 aromatic carbocycles. The number of ether oxygens (including phenoxy) is 5. The molecule has 0 saturated heterocycles. The molecule has 0 fully saturated rings. The SMILES string of the molecule is CC(=O)CN(CCNC(=O)Oc1c2oc(C(C)=O)cc2c(OC(=O)NCCN(CC(=O)OC(C)(C)C)C(=O)OC(C)(C)C)c2ccsc12)C(=O)OC(C)(C)C.CC(=O)c1cc2c(o1)C(=O)c1sccc1C2=O. The summed E-state index contributed by atoms with van der Waals surface area (Å²) in [5.74, 6) is -2.41. The van der Waals surface area contributed by atoms with Gasteiger partial charge in [0.2, 0.25) is 5.78 Å². The Morgan fingerprint density at radius 2 is 1.11 bits per heavy atom. The maximum absolute atomic E-state index is 13.2. The largest absolute Gasteiger partial charge is 0.459 e. The number of carbonyl (C=O) groups is 10. The molecule has 2 N–H and O–H groups in total. The van der Waals surface area contributed by atoms with Gasteiger partial charge >= 0.3 is 30.3 Å². The van der Waals surface area contributed by atoms with Crippen molar-refractivity contribution in [3.63, 3.8) is 0 Å². The second-order valence-corrected chi connectivity index (χ2v) is 21.0. The molecule has 4 amide bonds. The number of esters is 1. The molecule has 72 heavy (non-hydrogen) atoms. The summed E-state index contributed by atoms with van der Waals surface area (Å²) in [5.41, 5.74) is -1.93. The van der Waals surface area contributed by atoms with E-state index in [0.717, 1.165) is 21.1 Å². The van der Waals surface area contributed by atoms with Crippen LogP contribution in [0.5, 0.6) is 11.5 Å². The Kier molecular flexibility index (Phi) is 17.2. The second kappa shape index (κ2) is 22.4. The van der Waals surface area contributed by atoms with E-state index in [4.69, 9.17) is 32.5 Å². The predicted octanol–water partition coefficient (Wildman–Crippen LogP) is 8.75. The van der Waals surface area contributed by atoms with Crippen LogP contribution in [0.2, 0.25) is 0 Å². The molecule has 4 heterocycles. The number of Topliss-reactive ketones (excluding diaryl/α,β-unsaturated/α-hetero) is 3. The van der Waals surface area contributed by atoms with E-state index < -0.39 is 59.5 Å². The first-order valence-electron chi connectivity index (χ1n) is 22.3.